The third-order valence-electron chi connectivity index (χ3n) is 2.57. The van der Waals surface area contributed by atoms with Crippen LogP contribution in [0.2, 0.25) is 0 Å². The van der Waals surface area contributed by atoms with Gasteiger partial charge >= 0.3 is 0 Å². The van der Waals surface area contributed by atoms with Gasteiger partial charge in [0.05, 0.1) is 11.4 Å². The Morgan fingerprint density at radius 2 is 1.43 bits per heavy atom. The Bertz CT molecular complexity index is 710. The molecule has 0 aliphatic heterocycles. The van der Waals surface area contributed by atoms with Gasteiger partial charge in [0.2, 0.25) is 0 Å². The van der Waals surface area contributed by atoms with Crippen LogP contribution in [0.25, 0.3) is 0 Å². The van der Waals surface area contributed by atoms with Crippen molar-refractivity contribution in [3.8, 4) is 0 Å². The summed E-state index contributed by atoms with van der Waals surface area (Å²) in [6.07, 6.45) is 0. The Labute approximate surface area is 115 Å². The molecule has 110 valence electrons. The average molecular weight is 302 g/mol. The Morgan fingerprint density at radius 3 is 2.00 bits per heavy atom. The minimum absolute atomic E-state index is 0.299. The number of amides is 1. The molecular weight excluding hydrogens is 295 g/mol. The molecule has 21 heavy (non-hydrogen) atoms. The molecule has 2 aromatic rings. The number of benzene rings is 2. The van der Waals surface area contributed by atoms with E-state index >= 15 is 0 Å². The van der Waals surface area contributed by atoms with Crippen molar-refractivity contribution in [1.29, 1.82) is 0 Å². The first-order chi connectivity index (χ1) is 9.79. The highest BCUT2D eigenvalue weighted by Crippen LogP contribution is 2.23. The summed E-state index contributed by atoms with van der Waals surface area (Å²) >= 11 is 0. The van der Waals surface area contributed by atoms with Gasteiger partial charge in [0.15, 0.2) is 0 Å². The van der Waals surface area contributed by atoms with Crippen molar-refractivity contribution >= 4 is 17.3 Å². The molecule has 2 aromatic carbocycles. The third kappa shape index (κ3) is 2.93. The standard InChI is InChI=1S/C13H7F5N2O/c14-5-1-8(17)12(9(18)2-5)13(21)20-11-4-10(19)6(15)3-7(11)16/h1-4H,19H2,(H,20,21). The van der Waals surface area contributed by atoms with Crippen LogP contribution < -0.4 is 11.1 Å². The molecule has 8 heteroatoms. The number of hydrogen-bond acceptors (Lipinski definition) is 2. The summed E-state index contributed by atoms with van der Waals surface area (Å²) in [5, 5.41) is 1.83. The summed E-state index contributed by atoms with van der Waals surface area (Å²) < 4.78 is 65.9. The number of carbonyl (C=O) groups excluding carboxylic acids is 1. The zero-order chi connectivity index (χ0) is 15.7. The highest BCUT2D eigenvalue weighted by atomic mass is 19.2. The Hall–Kier alpha value is -2.64. The first-order valence-electron chi connectivity index (χ1n) is 5.50. The average Bonchev–Trinajstić information content (AvgIpc) is 2.34. The lowest BCUT2D eigenvalue weighted by Gasteiger charge is -2.09. The smallest absolute Gasteiger partial charge is 0.261 e. The highest BCUT2D eigenvalue weighted by Gasteiger charge is 2.20. The van der Waals surface area contributed by atoms with Gasteiger partial charge in [-0.2, -0.15) is 0 Å². The molecule has 0 aliphatic rings. The maximum atomic E-state index is 13.4. The SMILES string of the molecule is Nc1cc(NC(=O)c2c(F)cc(F)cc2F)c(F)cc1F. The van der Waals surface area contributed by atoms with Gasteiger partial charge in [-0.15, -0.1) is 0 Å². The van der Waals surface area contributed by atoms with Crippen molar-refractivity contribution in [3.05, 3.63) is 58.9 Å². The molecule has 0 saturated carbocycles. The van der Waals surface area contributed by atoms with Crippen LogP contribution in [0.15, 0.2) is 24.3 Å². The second-order valence-electron chi connectivity index (χ2n) is 4.05. The Kier molecular flexibility index (Phi) is 3.79. The Morgan fingerprint density at radius 1 is 0.857 bits per heavy atom. The molecule has 0 saturated heterocycles. The maximum absolute atomic E-state index is 13.4. The lowest BCUT2D eigenvalue weighted by atomic mass is 10.1. The van der Waals surface area contributed by atoms with E-state index in [0.717, 1.165) is 6.07 Å². The fourth-order valence-electron chi connectivity index (χ4n) is 1.61. The number of nitrogens with two attached hydrogens (primary N) is 1. The van der Waals surface area contributed by atoms with E-state index in [1.807, 2.05) is 5.32 Å². The molecular formula is C13H7F5N2O. The summed E-state index contributed by atoms with van der Waals surface area (Å²) in [5.41, 5.74) is 3.06. The number of halogens is 5. The van der Waals surface area contributed by atoms with E-state index in [1.165, 1.54) is 0 Å². The molecule has 1 amide bonds. The summed E-state index contributed by atoms with van der Waals surface area (Å²) in [4.78, 5) is 11.7. The van der Waals surface area contributed by atoms with E-state index in [2.05, 4.69) is 0 Å². The van der Waals surface area contributed by atoms with Crippen LogP contribution in [0.5, 0.6) is 0 Å². The van der Waals surface area contributed by atoms with Crippen molar-refractivity contribution in [2.75, 3.05) is 11.1 Å². The van der Waals surface area contributed by atoms with Crippen molar-refractivity contribution in [2.24, 2.45) is 0 Å². The minimum atomic E-state index is -1.46. The van der Waals surface area contributed by atoms with Crippen molar-refractivity contribution in [2.45, 2.75) is 0 Å². The zero-order valence-electron chi connectivity index (χ0n) is 10.2. The van der Waals surface area contributed by atoms with Crippen LogP contribution in [-0.2, 0) is 0 Å². The molecule has 3 N–H and O–H groups in total. The van der Waals surface area contributed by atoms with Gasteiger partial charge in [0.1, 0.15) is 34.6 Å². The fourth-order valence-corrected chi connectivity index (χ4v) is 1.61. The van der Waals surface area contributed by atoms with Gasteiger partial charge in [-0.05, 0) is 6.07 Å². The number of nitrogen functional groups attached to an aromatic ring is 1. The Balaban J connectivity index is 2.37. The van der Waals surface area contributed by atoms with Crippen molar-refractivity contribution in [1.82, 2.24) is 0 Å². The number of hydrogen-bond donors (Lipinski definition) is 2. The molecule has 0 unspecified atom stereocenters. The molecule has 0 fully saturated rings. The molecule has 0 bridgehead atoms. The summed E-state index contributed by atoms with van der Waals surface area (Å²) in [6.45, 7) is 0. The second-order valence-corrected chi connectivity index (χ2v) is 4.05. The minimum Gasteiger partial charge on any atom is -0.396 e. The van der Waals surface area contributed by atoms with Crippen LogP contribution in [0.3, 0.4) is 0 Å². The second kappa shape index (κ2) is 5.39. The highest BCUT2D eigenvalue weighted by molar-refractivity contribution is 6.04. The van der Waals surface area contributed by atoms with Crippen LogP contribution in [0.4, 0.5) is 33.3 Å². The van der Waals surface area contributed by atoms with E-state index in [0.29, 0.717) is 18.2 Å². The molecule has 0 heterocycles. The van der Waals surface area contributed by atoms with E-state index in [4.69, 9.17) is 5.73 Å². The largest absolute Gasteiger partial charge is 0.396 e. The van der Waals surface area contributed by atoms with E-state index < -0.39 is 51.9 Å². The molecule has 3 nitrogen and oxygen atoms in total. The summed E-state index contributed by atoms with van der Waals surface area (Å²) in [6, 6.07) is 1.75. The predicted molar refractivity (Wildman–Crippen MR) is 65.0 cm³/mol. The zero-order valence-corrected chi connectivity index (χ0v) is 10.2. The van der Waals surface area contributed by atoms with E-state index in [9.17, 15) is 26.7 Å². The molecule has 0 spiro atoms. The molecule has 0 aromatic heterocycles. The van der Waals surface area contributed by atoms with Gasteiger partial charge in [-0.25, -0.2) is 22.0 Å². The summed E-state index contributed by atoms with van der Waals surface area (Å²) in [5.74, 6) is -7.72. The summed E-state index contributed by atoms with van der Waals surface area (Å²) in [7, 11) is 0. The van der Waals surface area contributed by atoms with Crippen LogP contribution >= 0.6 is 0 Å². The van der Waals surface area contributed by atoms with Crippen LogP contribution in [0, 0.1) is 29.1 Å². The number of carbonyl (C=O) groups is 1. The van der Waals surface area contributed by atoms with Gasteiger partial charge in [-0.1, -0.05) is 0 Å². The van der Waals surface area contributed by atoms with Crippen molar-refractivity contribution in [3.63, 3.8) is 0 Å². The topological polar surface area (TPSA) is 55.1 Å². The number of rotatable bonds is 2. The predicted octanol–water partition coefficient (Wildman–Crippen LogP) is 3.22. The first-order valence-corrected chi connectivity index (χ1v) is 5.50. The fraction of sp³-hybridized carbons (Fsp3) is 0. The number of anilines is 2. The molecule has 0 atom stereocenters. The molecule has 0 aliphatic carbocycles. The maximum Gasteiger partial charge on any atom is 0.261 e. The van der Waals surface area contributed by atoms with Gasteiger partial charge in [0, 0.05) is 18.2 Å². The van der Waals surface area contributed by atoms with Crippen LogP contribution in [0.1, 0.15) is 10.4 Å². The lowest BCUT2D eigenvalue weighted by Crippen LogP contribution is -2.17. The van der Waals surface area contributed by atoms with Gasteiger partial charge in [0.25, 0.3) is 5.91 Å². The lowest BCUT2D eigenvalue weighted by molar-refractivity contribution is 0.101. The number of nitrogens with one attached hydrogen (secondary N) is 1. The van der Waals surface area contributed by atoms with Crippen molar-refractivity contribution < 1.29 is 26.7 Å². The molecule has 2 rings (SSSR count). The van der Waals surface area contributed by atoms with Crippen LogP contribution in [-0.4, -0.2) is 5.91 Å². The normalized spacial score (nSPS) is 10.5. The van der Waals surface area contributed by atoms with Gasteiger partial charge in [-0.3, -0.25) is 4.79 Å². The van der Waals surface area contributed by atoms with Gasteiger partial charge < -0.3 is 11.1 Å². The quantitative estimate of drug-likeness (QED) is 0.661. The van der Waals surface area contributed by atoms with E-state index in [1.54, 1.807) is 0 Å². The monoisotopic (exact) mass is 302 g/mol. The molecule has 0 radical (unpaired) electrons. The third-order valence-corrected chi connectivity index (χ3v) is 2.57. The first kappa shape index (κ1) is 14.8. The van der Waals surface area contributed by atoms with E-state index in [-0.39, 0.29) is 0 Å².